The van der Waals surface area contributed by atoms with Crippen molar-refractivity contribution in [2.45, 2.75) is 20.1 Å². The highest BCUT2D eigenvalue weighted by molar-refractivity contribution is 6.36. The van der Waals surface area contributed by atoms with Crippen molar-refractivity contribution >= 4 is 34.6 Å². The molecule has 0 saturated carbocycles. The number of non-ortho nitro benzene ring substituents is 1. The molecule has 30 heavy (non-hydrogen) atoms. The number of hydrogen-bond acceptors (Lipinski definition) is 5. The summed E-state index contributed by atoms with van der Waals surface area (Å²) in [7, 11) is 0. The monoisotopic (exact) mass is 446 g/mol. The highest BCUT2D eigenvalue weighted by Crippen LogP contribution is 2.31. The van der Waals surface area contributed by atoms with E-state index in [4.69, 9.17) is 32.7 Å². The molecule has 0 bridgehead atoms. The van der Waals surface area contributed by atoms with Gasteiger partial charge in [-0.1, -0.05) is 29.3 Å². The van der Waals surface area contributed by atoms with E-state index in [9.17, 15) is 10.1 Å². The number of nitrogens with one attached hydrogen (secondary N) is 1. The van der Waals surface area contributed by atoms with Gasteiger partial charge in [0.25, 0.3) is 5.69 Å². The molecule has 0 aliphatic rings. The van der Waals surface area contributed by atoms with E-state index in [2.05, 4.69) is 5.32 Å². The molecule has 0 fully saturated rings. The minimum atomic E-state index is -0.429. The fourth-order valence-electron chi connectivity index (χ4n) is 2.76. The first-order valence-electron chi connectivity index (χ1n) is 9.27. The first-order valence-corrected chi connectivity index (χ1v) is 10.0. The third kappa shape index (κ3) is 5.78. The van der Waals surface area contributed by atoms with Gasteiger partial charge in [0.05, 0.1) is 22.2 Å². The molecule has 0 amide bonds. The third-order valence-corrected chi connectivity index (χ3v) is 4.81. The lowest BCUT2D eigenvalue weighted by atomic mass is 10.2. The average molecular weight is 447 g/mol. The first-order chi connectivity index (χ1) is 14.5. The van der Waals surface area contributed by atoms with Gasteiger partial charge in [-0.2, -0.15) is 0 Å². The summed E-state index contributed by atoms with van der Waals surface area (Å²) in [5.41, 5.74) is 2.65. The highest BCUT2D eigenvalue weighted by Gasteiger charge is 2.09. The number of hydrogen-bond donors (Lipinski definition) is 1. The van der Waals surface area contributed by atoms with Crippen molar-refractivity contribution < 1.29 is 14.4 Å². The van der Waals surface area contributed by atoms with Crippen LogP contribution in [0.25, 0.3) is 0 Å². The maximum absolute atomic E-state index is 10.8. The fraction of sp³-hybridized carbons (Fsp3) is 0.182. The van der Waals surface area contributed by atoms with Crippen LogP contribution in [-0.2, 0) is 13.2 Å². The summed E-state index contributed by atoms with van der Waals surface area (Å²) >= 11 is 12.1. The largest absolute Gasteiger partial charge is 0.490 e. The molecule has 3 aromatic rings. The van der Waals surface area contributed by atoms with Gasteiger partial charge in [-0.3, -0.25) is 10.1 Å². The van der Waals surface area contributed by atoms with E-state index >= 15 is 0 Å². The summed E-state index contributed by atoms with van der Waals surface area (Å²) in [6.07, 6.45) is 0. The van der Waals surface area contributed by atoms with E-state index < -0.39 is 4.92 Å². The second-order valence-corrected chi connectivity index (χ2v) is 7.25. The molecule has 0 unspecified atom stereocenters. The van der Waals surface area contributed by atoms with Gasteiger partial charge < -0.3 is 14.8 Å². The van der Waals surface area contributed by atoms with Crippen molar-refractivity contribution in [2.75, 3.05) is 11.9 Å². The zero-order chi connectivity index (χ0) is 21.5. The van der Waals surface area contributed by atoms with Gasteiger partial charge in [0, 0.05) is 23.7 Å². The van der Waals surface area contributed by atoms with E-state index in [1.54, 1.807) is 24.3 Å². The van der Waals surface area contributed by atoms with Gasteiger partial charge in [0.15, 0.2) is 11.5 Å². The van der Waals surface area contributed by atoms with E-state index in [0.717, 1.165) is 16.8 Å². The number of anilines is 1. The van der Waals surface area contributed by atoms with E-state index in [-0.39, 0.29) is 12.3 Å². The molecule has 8 heteroatoms. The second kappa shape index (κ2) is 10.2. The normalized spacial score (nSPS) is 10.5. The predicted molar refractivity (Wildman–Crippen MR) is 119 cm³/mol. The molecule has 1 N–H and O–H groups in total. The van der Waals surface area contributed by atoms with Crippen molar-refractivity contribution in [1.29, 1.82) is 0 Å². The molecule has 0 atom stereocenters. The van der Waals surface area contributed by atoms with Crippen LogP contribution in [0.1, 0.15) is 18.1 Å². The number of nitro groups is 1. The number of halogens is 2. The summed E-state index contributed by atoms with van der Waals surface area (Å²) < 4.78 is 11.6. The molecule has 0 aromatic heterocycles. The second-order valence-electron chi connectivity index (χ2n) is 6.40. The Balaban J connectivity index is 1.67. The van der Waals surface area contributed by atoms with Gasteiger partial charge >= 0.3 is 0 Å². The van der Waals surface area contributed by atoms with Crippen LogP contribution in [0.2, 0.25) is 10.0 Å². The summed E-state index contributed by atoms with van der Waals surface area (Å²) in [5, 5.41) is 15.2. The summed E-state index contributed by atoms with van der Waals surface area (Å²) in [6, 6.07) is 17.2. The minimum Gasteiger partial charge on any atom is -0.490 e. The Kier molecular flexibility index (Phi) is 7.38. The molecule has 0 heterocycles. The lowest BCUT2D eigenvalue weighted by Gasteiger charge is -2.14. The number of nitro benzene ring substituents is 1. The topological polar surface area (TPSA) is 73.6 Å². The van der Waals surface area contributed by atoms with E-state index in [1.165, 1.54) is 12.1 Å². The maximum atomic E-state index is 10.8. The van der Waals surface area contributed by atoms with Crippen LogP contribution in [0.4, 0.5) is 11.4 Å². The van der Waals surface area contributed by atoms with Gasteiger partial charge in [-0.25, -0.2) is 0 Å². The molecular formula is C22H20Cl2N2O4. The standard InChI is InChI=1S/C22H20Cl2N2O4/c1-2-29-22-11-16(13-25-20-9-6-17(23)12-19(20)24)5-10-21(22)30-14-15-3-7-18(8-4-15)26(27)28/h3-12,25H,2,13-14H2,1H3. The highest BCUT2D eigenvalue weighted by atomic mass is 35.5. The van der Waals surface area contributed by atoms with E-state index in [0.29, 0.717) is 34.7 Å². The van der Waals surface area contributed by atoms with Crippen LogP contribution in [-0.4, -0.2) is 11.5 Å². The quantitative estimate of drug-likeness (QED) is 0.300. The summed E-state index contributed by atoms with van der Waals surface area (Å²) in [4.78, 5) is 10.3. The Morgan fingerprint density at radius 3 is 2.33 bits per heavy atom. The molecule has 3 rings (SSSR count). The van der Waals surface area contributed by atoms with Crippen LogP contribution in [0.15, 0.2) is 60.7 Å². The van der Waals surface area contributed by atoms with Gasteiger partial charge in [-0.05, 0) is 60.5 Å². The molecule has 6 nitrogen and oxygen atoms in total. The number of rotatable bonds is 9. The Morgan fingerprint density at radius 2 is 1.67 bits per heavy atom. The van der Waals surface area contributed by atoms with Crippen LogP contribution >= 0.6 is 23.2 Å². The average Bonchev–Trinajstić information content (AvgIpc) is 2.73. The molecule has 0 spiro atoms. The maximum Gasteiger partial charge on any atom is 0.269 e. The summed E-state index contributed by atoms with van der Waals surface area (Å²) in [6.45, 7) is 3.21. The molecular weight excluding hydrogens is 427 g/mol. The molecule has 0 radical (unpaired) electrons. The molecule has 0 aliphatic carbocycles. The molecule has 3 aromatic carbocycles. The van der Waals surface area contributed by atoms with Crippen molar-refractivity contribution in [2.24, 2.45) is 0 Å². The van der Waals surface area contributed by atoms with Crippen LogP contribution < -0.4 is 14.8 Å². The van der Waals surface area contributed by atoms with Crippen LogP contribution in [0.5, 0.6) is 11.5 Å². The smallest absolute Gasteiger partial charge is 0.269 e. The Hall–Kier alpha value is -2.96. The zero-order valence-electron chi connectivity index (χ0n) is 16.2. The van der Waals surface area contributed by atoms with Gasteiger partial charge in [0.2, 0.25) is 0 Å². The number of benzene rings is 3. The Morgan fingerprint density at radius 1 is 0.933 bits per heavy atom. The Labute approximate surface area is 184 Å². The zero-order valence-corrected chi connectivity index (χ0v) is 17.7. The fourth-order valence-corrected chi connectivity index (χ4v) is 3.23. The SMILES string of the molecule is CCOc1cc(CNc2ccc(Cl)cc2Cl)ccc1OCc1ccc([N+](=O)[O-])cc1. The van der Waals surface area contributed by atoms with Crippen molar-refractivity contribution in [3.63, 3.8) is 0 Å². The minimum absolute atomic E-state index is 0.0476. The first kappa shape index (κ1) is 21.7. The predicted octanol–water partition coefficient (Wildman–Crippen LogP) is 6.49. The van der Waals surface area contributed by atoms with Gasteiger partial charge in [0.1, 0.15) is 6.61 Å². The number of ether oxygens (including phenoxy) is 2. The summed E-state index contributed by atoms with van der Waals surface area (Å²) in [5.74, 6) is 1.23. The van der Waals surface area contributed by atoms with E-state index in [1.807, 2.05) is 31.2 Å². The lowest BCUT2D eigenvalue weighted by Crippen LogP contribution is -2.03. The van der Waals surface area contributed by atoms with Crippen molar-refractivity contribution in [1.82, 2.24) is 0 Å². The Bertz CT molecular complexity index is 1030. The molecule has 0 aliphatic heterocycles. The van der Waals surface area contributed by atoms with Crippen molar-refractivity contribution in [3.8, 4) is 11.5 Å². The van der Waals surface area contributed by atoms with Crippen molar-refractivity contribution in [3.05, 3.63) is 92.0 Å². The molecule has 156 valence electrons. The van der Waals surface area contributed by atoms with Gasteiger partial charge in [-0.15, -0.1) is 0 Å². The van der Waals surface area contributed by atoms with Crippen LogP contribution in [0, 0.1) is 10.1 Å². The lowest BCUT2D eigenvalue weighted by molar-refractivity contribution is -0.384. The third-order valence-electron chi connectivity index (χ3n) is 4.26. The molecule has 0 saturated heterocycles. The van der Waals surface area contributed by atoms with Crippen LogP contribution in [0.3, 0.4) is 0 Å². The number of nitrogens with zero attached hydrogens (tertiary/aromatic N) is 1.